The zero-order chi connectivity index (χ0) is 21.0. The van der Waals surface area contributed by atoms with Crippen molar-refractivity contribution in [2.75, 3.05) is 6.61 Å². The second-order valence-corrected chi connectivity index (χ2v) is 9.07. The van der Waals surface area contributed by atoms with E-state index in [2.05, 4.69) is 31.0 Å². The van der Waals surface area contributed by atoms with E-state index in [1.54, 1.807) is 0 Å². The minimum absolute atomic E-state index is 0.0382. The molecule has 0 saturated carbocycles. The van der Waals surface area contributed by atoms with Gasteiger partial charge in [-0.1, -0.05) is 56.8 Å². The molecule has 29 heavy (non-hydrogen) atoms. The number of ketones is 1. The van der Waals surface area contributed by atoms with Gasteiger partial charge < -0.3 is 9.15 Å². The number of ether oxygens (including phenoxy) is 1. The number of carbonyl (C=O) groups is 1. The topological polar surface area (TPSA) is 65.2 Å². The Morgan fingerprint density at radius 3 is 2.31 bits per heavy atom. The van der Waals surface area contributed by atoms with Gasteiger partial charge in [0.15, 0.2) is 5.78 Å². The molecule has 1 atom stereocenters. The van der Waals surface area contributed by atoms with Crippen molar-refractivity contribution < 1.29 is 13.9 Å². The van der Waals surface area contributed by atoms with Crippen LogP contribution in [-0.4, -0.2) is 27.8 Å². The maximum absolute atomic E-state index is 12.8. The number of hydrogen-bond acceptors (Lipinski definition) is 6. The second kappa shape index (κ2) is 8.82. The van der Waals surface area contributed by atoms with Crippen LogP contribution in [0, 0.1) is 0 Å². The zero-order valence-electron chi connectivity index (χ0n) is 17.4. The average Bonchev–Trinajstić information content (AvgIpc) is 3.16. The second-order valence-electron chi connectivity index (χ2n) is 7.78. The lowest BCUT2D eigenvalue weighted by atomic mass is 9.86. The van der Waals surface area contributed by atoms with Crippen molar-refractivity contribution in [3.8, 4) is 17.2 Å². The van der Waals surface area contributed by atoms with Gasteiger partial charge in [-0.3, -0.25) is 4.79 Å². The van der Waals surface area contributed by atoms with Gasteiger partial charge in [0.25, 0.3) is 5.22 Å². The van der Waals surface area contributed by atoms with Crippen LogP contribution in [-0.2, 0) is 5.41 Å². The summed E-state index contributed by atoms with van der Waals surface area (Å²) in [6, 6.07) is 15.3. The molecule has 152 valence electrons. The summed E-state index contributed by atoms with van der Waals surface area (Å²) in [6.45, 7) is 10.9. The van der Waals surface area contributed by atoms with Crippen LogP contribution < -0.4 is 4.74 Å². The molecule has 0 aliphatic carbocycles. The van der Waals surface area contributed by atoms with Crippen LogP contribution >= 0.6 is 11.8 Å². The zero-order valence-corrected chi connectivity index (χ0v) is 18.2. The number of aromatic nitrogens is 2. The lowest BCUT2D eigenvalue weighted by Crippen LogP contribution is -2.15. The molecule has 1 aromatic heterocycles. The Morgan fingerprint density at radius 2 is 1.72 bits per heavy atom. The summed E-state index contributed by atoms with van der Waals surface area (Å²) in [7, 11) is 0. The summed E-state index contributed by atoms with van der Waals surface area (Å²) in [5, 5.41) is 8.22. The van der Waals surface area contributed by atoms with Crippen LogP contribution in [0.15, 0.2) is 58.2 Å². The summed E-state index contributed by atoms with van der Waals surface area (Å²) in [5.74, 6) is 1.25. The lowest BCUT2D eigenvalue weighted by Gasteiger charge is -2.19. The summed E-state index contributed by atoms with van der Waals surface area (Å²) >= 11 is 1.27. The Balaban J connectivity index is 1.66. The van der Waals surface area contributed by atoms with Crippen molar-refractivity contribution in [3.63, 3.8) is 0 Å². The molecule has 1 heterocycles. The molecule has 5 nitrogen and oxygen atoms in total. The first-order valence-electron chi connectivity index (χ1n) is 9.66. The molecule has 0 fully saturated rings. The normalized spacial score (nSPS) is 12.6. The third-order valence-electron chi connectivity index (χ3n) is 4.50. The highest BCUT2D eigenvalue weighted by Gasteiger charge is 2.21. The molecule has 0 saturated heterocycles. The maximum Gasteiger partial charge on any atom is 0.277 e. The number of Topliss-reactive ketones (excluding diaryl/α,β-unsaturated/α-hetero) is 1. The van der Waals surface area contributed by atoms with E-state index in [0.29, 0.717) is 23.3 Å². The van der Waals surface area contributed by atoms with Gasteiger partial charge in [0, 0.05) is 11.1 Å². The van der Waals surface area contributed by atoms with Gasteiger partial charge in [0.1, 0.15) is 5.75 Å². The molecule has 0 bridgehead atoms. The smallest absolute Gasteiger partial charge is 0.277 e. The van der Waals surface area contributed by atoms with Crippen molar-refractivity contribution in [1.29, 1.82) is 0 Å². The van der Waals surface area contributed by atoms with Crippen LogP contribution in [0.1, 0.15) is 50.5 Å². The molecular weight excluding hydrogens is 384 g/mol. The van der Waals surface area contributed by atoms with Gasteiger partial charge in [-0.15, -0.1) is 10.2 Å². The van der Waals surface area contributed by atoms with Crippen LogP contribution in [0.2, 0.25) is 0 Å². The number of hydrogen-bond donors (Lipinski definition) is 0. The number of rotatable bonds is 7. The van der Waals surface area contributed by atoms with E-state index in [1.165, 1.54) is 17.3 Å². The summed E-state index contributed by atoms with van der Waals surface area (Å²) in [5.41, 5.74) is 2.75. The van der Waals surface area contributed by atoms with E-state index in [1.807, 2.05) is 62.4 Å². The van der Waals surface area contributed by atoms with Crippen molar-refractivity contribution in [2.24, 2.45) is 0 Å². The van der Waals surface area contributed by atoms with Crippen LogP contribution in [0.3, 0.4) is 0 Å². The van der Waals surface area contributed by atoms with Crippen molar-refractivity contribution in [1.82, 2.24) is 10.2 Å². The SMILES string of the molecule is CCOc1ccc(-c2nnc(S[C@@H](C)C(=O)c3ccc(C(C)(C)C)cc3)o2)cc1. The average molecular weight is 411 g/mol. The molecule has 0 radical (unpaired) electrons. The third kappa shape index (κ3) is 5.26. The highest BCUT2D eigenvalue weighted by Crippen LogP contribution is 2.29. The molecule has 6 heteroatoms. The molecule has 0 unspecified atom stereocenters. The minimum Gasteiger partial charge on any atom is -0.494 e. The lowest BCUT2D eigenvalue weighted by molar-refractivity contribution is 0.0993. The van der Waals surface area contributed by atoms with Crippen molar-refractivity contribution in [3.05, 3.63) is 59.7 Å². The van der Waals surface area contributed by atoms with E-state index >= 15 is 0 Å². The number of benzene rings is 2. The Bertz CT molecular complexity index is 957. The van der Waals surface area contributed by atoms with E-state index in [-0.39, 0.29) is 16.4 Å². The fourth-order valence-electron chi connectivity index (χ4n) is 2.81. The van der Waals surface area contributed by atoms with E-state index in [0.717, 1.165) is 11.3 Å². The largest absolute Gasteiger partial charge is 0.494 e. The predicted octanol–water partition coefficient (Wildman–Crippen LogP) is 5.80. The Labute approximate surface area is 175 Å². The van der Waals surface area contributed by atoms with E-state index < -0.39 is 0 Å². The quantitative estimate of drug-likeness (QED) is 0.362. The number of carbonyl (C=O) groups excluding carboxylic acids is 1. The first-order valence-corrected chi connectivity index (χ1v) is 10.5. The molecule has 0 amide bonds. The first-order chi connectivity index (χ1) is 13.8. The number of nitrogens with zero attached hydrogens (tertiary/aromatic N) is 2. The van der Waals surface area contributed by atoms with E-state index in [4.69, 9.17) is 9.15 Å². The molecule has 0 spiro atoms. The highest BCUT2D eigenvalue weighted by atomic mass is 32.2. The molecule has 0 aliphatic rings. The van der Waals surface area contributed by atoms with Crippen molar-refractivity contribution in [2.45, 2.75) is 50.5 Å². The van der Waals surface area contributed by atoms with Gasteiger partial charge in [-0.2, -0.15) is 0 Å². The molecule has 3 rings (SSSR count). The van der Waals surface area contributed by atoms with Crippen LogP contribution in [0.5, 0.6) is 5.75 Å². The summed E-state index contributed by atoms with van der Waals surface area (Å²) in [6.07, 6.45) is 0. The van der Waals surface area contributed by atoms with Crippen LogP contribution in [0.25, 0.3) is 11.5 Å². The van der Waals surface area contributed by atoms with Gasteiger partial charge in [0.2, 0.25) is 5.89 Å². The third-order valence-corrected chi connectivity index (χ3v) is 5.44. The molecule has 2 aromatic carbocycles. The monoisotopic (exact) mass is 410 g/mol. The molecule has 0 N–H and O–H groups in total. The highest BCUT2D eigenvalue weighted by molar-refractivity contribution is 8.00. The van der Waals surface area contributed by atoms with Gasteiger partial charge in [-0.25, -0.2) is 0 Å². The predicted molar refractivity (Wildman–Crippen MR) is 116 cm³/mol. The maximum atomic E-state index is 12.8. The van der Waals surface area contributed by atoms with Gasteiger partial charge in [-0.05, 0) is 49.1 Å². The Hall–Kier alpha value is -2.60. The Kier molecular flexibility index (Phi) is 6.42. The van der Waals surface area contributed by atoms with Crippen molar-refractivity contribution >= 4 is 17.5 Å². The Morgan fingerprint density at radius 1 is 1.07 bits per heavy atom. The molecular formula is C23H26N2O3S. The minimum atomic E-state index is -0.330. The standard InChI is InChI=1S/C23H26N2O3S/c1-6-27-19-13-9-17(10-14-19)21-24-25-22(28-21)29-15(2)20(26)16-7-11-18(12-8-16)23(3,4)5/h7-15H,6H2,1-5H3/t15-/m0/s1. The summed E-state index contributed by atoms with van der Waals surface area (Å²) in [4.78, 5) is 12.8. The van der Waals surface area contributed by atoms with Crippen LogP contribution in [0.4, 0.5) is 0 Å². The van der Waals surface area contributed by atoms with Gasteiger partial charge in [0.05, 0.1) is 11.9 Å². The number of thioether (sulfide) groups is 1. The summed E-state index contributed by atoms with van der Waals surface area (Å²) < 4.78 is 11.2. The molecule has 3 aromatic rings. The first kappa shape index (κ1) is 21.1. The fraction of sp³-hybridized carbons (Fsp3) is 0.348. The van der Waals surface area contributed by atoms with Gasteiger partial charge >= 0.3 is 0 Å². The van der Waals surface area contributed by atoms with E-state index in [9.17, 15) is 4.79 Å². The molecule has 0 aliphatic heterocycles. The fourth-order valence-corrected chi connectivity index (χ4v) is 3.57.